The number of nitrogens with one attached hydrogen (secondary N) is 2. The van der Waals surface area contributed by atoms with Crippen molar-refractivity contribution in [1.82, 2.24) is 10.9 Å². The molecule has 0 aliphatic heterocycles. The average Bonchev–Trinajstić information content (AvgIpc) is 2.44. The third-order valence-electron chi connectivity index (χ3n) is 2.83. The van der Waals surface area contributed by atoms with E-state index in [1.807, 2.05) is 0 Å². The van der Waals surface area contributed by atoms with Gasteiger partial charge < -0.3 is 14.2 Å². The van der Waals surface area contributed by atoms with Crippen molar-refractivity contribution in [2.24, 2.45) is 0 Å². The normalized spacial score (nSPS) is 11.6. The highest BCUT2D eigenvalue weighted by Crippen LogP contribution is 2.39. The van der Waals surface area contributed by atoms with Gasteiger partial charge in [-0.15, -0.1) is 0 Å². The number of ether oxygens (including phenoxy) is 3. The van der Waals surface area contributed by atoms with Gasteiger partial charge in [-0.05, 0) is 24.6 Å². The molecular weight excluding hydrogens is 248 g/mol. The summed E-state index contributed by atoms with van der Waals surface area (Å²) in [5, 5.41) is 0. The zero-order valence-corrected chi connectivity index (χ0v) is 11.9. The maximum Gasteiger partial charge on any atom is 0.241 e. The molecule has 1 amide bonds. The standard InChI is InChI=1S/C13H20N2O4/c1-8(13(16)15-14-2)9-6-10(17-3)12(19-5)11(7-9)18-4/h6-8,14H,1-5H3,(H,15,16). The Morgan fingerprint density at radius 1 is 1.11 bits per heavy atom. The summed E-state index contributed by atoms with van der Waals surface area (Å²) in [5.74, 6) is 1.08. The SMILES string of the molecule is CNNC(=O)C(C)c1cc(OC)c(OC)c(OC)c1. The van der Waals surface area contributed by atoms with Crippen LogP contribution in [0.5, 0.6) is 17.2 Å². The van der Waals surface area contributed by atoms with Gasteiger partial charge in [0.15, 0.2) is 11.5 Å². The molecule has 0 heterocycles. The van der Waals surface area contributed by atoms with E-state index in [0.717, 1.165) is 5.56 Å². The number of amides is 1. The predicted molar refractivity (Wildman–Crippen MR) is 71.7 cm³/mol. The van der Waals surface area contributed by atoms with Crippen molar-refractivity contribution in [2.45, 2.75) is 12.8 Å². The first-order valence-corrected chi connectivity index (χ1v) is 5.85. The van der Waals surface area contributed by atoms with E-state index in [0.29, 0.717) is 17.2 Å². The number of rotatable bonds is 6. The van der Waals surface area contributed by atoms with Gasteiger partial charge in [0.05, 0.1) is 27.2 Å². The topological polar surface area (TPSA) is 68.8 Å². The Kier molecular flexibility index (Phi) is 5.44. The summed E-state index contributed by atoms with van der Waals surface area (Å²) < 4.78 is 15.8. The Morgan fingerprint density at radius 3 is 2.00 bits per heavy atom. The molecule has 19 heavy (non-hydrogen) atoms. The number of carbonyl (C=O) groups is 1. The molecule has 0 fully saturated rings. The molecule has 1 unspecified atom stereocenters. The lowest BCUT2D eigenvalue weighted by Gasteiger charge is -2.17. The second kappa shape index (κ2) is 6.84. The molecule has 0 saturated carbocycles. The monoisotopic (exact) mass is 268 g/mol. The fourth-order valence-electron chi connectivity index (χ4n) is 1.73. The van der Waals surface area contributed by atoms with Gasteiger partial charge >= 0.3 is 0 Å². The van der Waals surface area contributed by atoms with E-state index in [9.17, 15) is 4.79 Å². The van der Waals surface area contributed by atoms with Crippen LogP contribution in [0.4, 0.5) is 0 Å². The predicted octanol–water partition coefficient (Wildman–Crippen LogP) is 1.07. The minimum Gasteiger partial charge on any atom is -0.493 e. The van der Waals surface area contributed by atoms with Crippen LogP contribution >= 0.6 is 0 Å². The van der Waals surface area contributed by atoms with Crippen molar-refractivity contribution in [3.8, 4) is 17.2 Å². The molecule has 0 aromatic heterocycles. The van der Waals surface area contributed by atoms with E-state index in [1.54, 1.807) is 40.3 Å². The molecule has 1 aromatic rings. The molecule has 0 aliphatic carbocycles. The molecule has 0 bridgehead atoms. The van der Waals surface area contributed by atoms with Gasteiger partial charge in [-0.1, -0.05) is 0 Å². The van der Waals surface area contributed by atoms with Crippen molar-refractivity contribution in [2.75, 3.05) is 28.4 Å². The molecule has 0 saturated heterocycles. The van der Waals surface area contributed by atoms with Gasteiger partial charge in [-0.2, -0.15) is 0 Å². The van der Waals surface area contributed by atoms with Crippen LogP contribution < -0.4 is 25.1 Å². The molecule has 1 atom stereocenters. The summed E-state index contributed by atoms with van der Waals surface area (Å²) in [7, 11) is 6.26. The summed E-state index contributed by atoms with van der Waals surface area (Å²) in [6.45, 7) is 1.80. The third-order valence-corrected chi connectivity index (χ3v) is 2.83. The molecule has 0 spiro atoms. The van der Waals surface area contributed by atoms with Crippen LogP contribution in [0.2, 0.25) is 0 Å². The van der Waals surface area contributed by atoms with Crippen molar-refractivity contribution in [3.63, 3.8) is 0 Å². The summed E-state index contributed by atoms with van der Waals surface area (Å²) in [5.41, 5.74) is 5.94. The van der Waals surface area contributed by atoms with E-state index in [-0.39, 0.29) is 11.8 Å². The Balaban J connectivity index is 3.18. The lowest BCUT2D eigenvalue weighted by molar-refractivity contribution is -0.123. The first-order chi connectivity index (χ1) is 9.08. The minimum absolute atomic E-state index is 0.142. The van der Waals surface area contributed by atoms with Crippen LogP contribution in [0, 0.1) is 0 Å². The number of hydrogen-bond donors (Lipinski definition) is 2. The fraction of sp³-hybridized carbons (Fsp3) is 0.462. The van der Waals surface area contributed by atoms with Crippen molar-refractivity contribution in [1.29, 1.82) is 0 Å². The molecule has 6 nitrogen and oxygen atoms in total. The second-order valence-electron chi connectivity index (χ2n) is 3.92. The van der Waals surface area contributed by atoms with Gasteiger partial charge in [0.25, 0.3) is 0 Å². The zero-order chi connectivity index (χ0) is 14.4. The van der Waals surface area contributed by atoms with Crippen LogP contribution in [-0.4, -0.2) is 34.3 Å². The van der Waals surface area contributed by atoms with Gasteiger partial charge in [0, 0.05) is 7.05 Å². The molecule has 1 rings (SSSR count). The largest absolute Gasteiger partial charge is 0.493 e. The molecular formula is C13H20N2O4. The quantitative estimate of drug-likeness (QED) is 0.755. The number of benzene rings is 1. The lowest BCUT2D eigenvalue weighted by atomic mass is 9.99. The Labute approximate surface area is 113 Å². The zero-order valence-electron chi connectivity index (χ0n) is 11.9. The minimum atomic E-state index is -0.346. The average molecular weight is 268 g/mol. The Bertz CT molecular complexity index is 423. The molecule has 6 heteroatoms. The van der Waals surface area contributed by atoms with E-state index < -0.39 is 0 Å². The number of hydrogen-bond acceptors (Lipinski definition) is 5. The van der Waals surface area contributed by atoms with Crippen molar-refractivity contribution >= 4 is 5.91 Å². The Hall–Kier alpha value is -1.95. The van der Waals surface area contributed by atoms with E-state index >= 15 is 0 Å². The molecule has 106 valence electrons. The number of methoxy groups -OCH3 is 3. The van der Waals surface area contributed by atoms with Crippen LogP contribution in [0.1, 0.15) is 18.4 Å². The van der Waals surface area contributed by atoms with Gasteiger partial charge in [-0.25, -0.2) is 5.43 Å². The summed E-state index contributed by atoms with van der Waals surface area (Å²) in [6, 6.07) is 3.53. The van der Waals surface area contributed by atoms with E-state index in [1.165, 1.54) is 7.11 Å². The van der Waals surface area contributed by atoms with Crippen molar-refractivity contribution < 1.29 is 19.0 Å². The summed E-state index contributed by atoms with van der Waals surface area (Å²) in [4.78, 5) is 11.8. The number of carbonyl (C=O) groups excluding carboxylic acids is 1. The van der Waals surface area contributed by atoms with Crippen LogP contribution in [0.25, 0.3) is 0 Å². The van der Waals surface area contributed by atoms with Crippen molar-refractivity contribution in [3.05, 3.63) is 17.7 Å². The van der Waals surface area contributed by atoms with Gasteiger partial charge in [0.1, 0.15) is 0 Å². The molecule has 0 aliphatic rings. The highest BCUT2D eigenvalue weighted by atomic mass is 16.5. The van der Waals surface area contributed by atoms with Crippen LogP contribution in [-0.2, 0) is 4.79 Å². The fourth-order valence-corrected chi connectivity index (χ4v) is 1.73. The maximum absolute atomic E-state index is 11.8. The van der Waals surface area contributed by atoms with E-state index in [4.69, 9.17) is 14.2 Å². The highest BCUT2D eigenvalue weighted by molar-refractivity contribution is 5.83. The summed E-state index contributed by atoms with van der Waals surface area (Å²) >= 11 is 0. The van der Waals surface area contributed by atoms with Gasteiger partial charge in [0.2, 0.25) is 11.7 Å². The van der Waals surface area contributed by atoms with Gasteiger partial charge in [-0.3, -0.25) is 10.2 Å². The van der Waals surface area contributed by atoms with E-state index in [2.05, 4.69) is 10.9 Å². The maximum atomic E-state index is 11.8. The smallest absolute Gasteiger partial charge is 0.241 e. The highest BCUT2D eigenvalue weighted by Gasteiger charge is 2.20. The molecule has 0 radical (unpaired) electrons. The lowest BCUT2D eigenvalue weighted by Crippen LogP contribution is -2.37. The first kappa shape index (κ1) is 15.1. The molecule has 2 N–H and O–H groups in total. The van der Waals surface area contributed by atoms with Crippen LogP contribution in [0.15, 0.2) is 12.1 Å². The first-order valence-electron chi connectivity index (χ1n) is 5.85. The van der Waals surface area contributed by atoms with Crippen LogP contribution in [0.3, 0.4) is 0 Å². The second-order valence-corrected chi connectivity index (χ2v) is 3.92. The summed E-state index contributed by atoms with van der Waals surface area (Å²) in [6.07, 6.45) is 0. The number of hydrazine groups is 1. The third kappa shape index (κ3) is 3.29. The molecule has 1 aromatic carbocycles. The Morgan fingerprint density at radius 2 is 1.63 bits per heavy atom.